The van der Waals surface area contributed by atoms with Gasteiger partial charge in [-0.2, -0.15) is 0 Å². The van der Waals surface area contributed by atoms with Gasteiger partial charge in [0.25, 0.3) is 0 Å². The maximum absolute atomic E-state index is 5.81. The van der Waals surface area contributed by atoms with Crippen LogP contribution in [0.5, 0.6) is 0 Å². The minimum Gasteiger partial charge on any atom is -0.383 e. The number of benzene rings is 1. The number of hydrogen-bond acceptors (Lipinski definition) is 4. The predicted octanol–water partition coefficient (Wildman–Crippen LogP) is 2.23. The van der Waals surface area contributed by atoms with Gasteiger partial charge in [-0.1, -0.05) is 37.3 Å². The molecular weight excluding hydrogens is 212 g/mol. The van der Waals surface area contributed by atoms with Crippen LogP contribution in [0.15, 0.2) is 36.7 Å². The Labute approximate surface area is 101 Å². The second kappa shape index (κ2) is 5.30. The Morgan fingerprint density at radius 3 is 2.65 bits per heavy atom. The smallest absolute Gasteiger partial charge is 0.134 e. The van der Waals surface area contributed by atoms with Crippen LogP contribution in [0.25, 0.3) is 0 Å². The highest BCUT2D eigenvalue weighted by atomic mass is 15.0. The molecule has 1 aromatic carbocycles. The Kier molecular flexibility index (Phi) is 3.55. The minimum atomic E-state index is 0.554. The number of nitrogens with zero attached hydrogens (tertiary/aromatic N) is 2. The minimum absolute atomic E-state index is 0.554. The molecule has 0 amide bonds. The Morgan fingerprint density at radius 1 is 1.18 bits per heavy atom. The molecule has 2 rings (SSSR count). The Hall–Kier alpha value is -2.10. The number of nitrogens with one attached hydrogen (secondary N) is 1. The molecule has 0 bridgehead atoms. The molecule has 4 heteroatoms. The lowest BCUT2D eigenvalue weighted by Gasteiger charge is -2.10. The van der Waals surface area contributed by atoms with Crippen LogP contribution < -0.4 is 11.1 Å². The summed E-state index contributed by atoms with van der Waals surface area (Å²) < 4.78 is 0. The van der Waals surface area contributed by atoms with Crippen molar-refractivity contribution in [2.45, 2.75) is 19.9 Å². The van der Waals surface area contributed by atoms with E-state index in [4.69, 9.17) is 5.73 Å². The zero-order valence-corrected chi connectivity index (χ0v) is 9.85. The summed E-state index contributed by atoms with van der Waals surface area (Å²) in [5, 5.41) is 3.29. The molecule has 0 spiro atoms. The largest absolute Gasteiger partial charge is 0.383 e. The number of aromatic nitrogens is 2. The quantitative estimate of drug-likeness (QED) is 0.842. The zero-order chi connectivity index (χ0) is 12.1. The van der Waals surface area contributed by atoms with Gasteiger partial charge in [0.2, 0.25) is 0 Å². The summed E-state index contributed by atoms with van der Waals surface area (Å²) in [7, 11) is 0. The van der Waals surface area contributed by atoms with Crippen LogP contribution in [0.4, 0.5) is 11.6 Å². The fourth-order valence-corrected chi connectivity index (χ4v) is 1.71. The third-order valence-electron chi connectivity index (χ3n) is 2.64. The average molecular weight is 228 g/mol. The van der Waals surface area contributed by atoms with Crippen LogP contribution in [0.3, 0.4) is 0 Å². The molecule has 0 aliphatic carbocycles. The maximum Gasteiger partial charge on any atom is 0.134 e. The van der Waals surface area contributed by atoms with Crippen LogP contribution >= 0.6 is 0 Å². The Morgan fingerprint density at radius 2 is 1.94 bits per heavy atom. The van der Waals surface area contributed by atoms with E-state index >= 15 is 0 Å². The van der Waals surface area contributed by atoms with Gasteiger partial charge in [-0.05, 0) is 12.0 Å². The second-order valence-corrected chi connectivity index (χ2v) is 3.78. The van der Waals surface area contributed by atoms with Gasteiger partial charge in [-0.25, -0.2) is 9.97 Å². The molecular formula is C13H16N4. The molecule has 0 saturated carbocycles. The van der Waals surface area contributed by atoms with Gasteiger partial charge < -0.3 is 11.1 Å². The van der Waals surface area contributed by atoms with Crippen LogP contribution in [0.2, 0.25) is 0 Å². The summed E-state index contributed by atoms with van der Waals surface area (Å²) >= 11 is 0. The van der Waals surface area contributed by atoms with E-state index in [2.05, 4.69) is 27.4 Å². The van der Waals surface area contributed by atoms with E-state index in [-0.39, 0.29) is 0 Å². The summed E-state index contributed by atoms with van der Waals surface area (Å²) in [4.78, 5) is 8.22. The van der Waals surface area contributed by atoms with E-state index in [1.807, 2.05) is 25.1 Å². The van der Waals surface area contributed by atoms with Crippen molar-refractivity contribution in [2.24, 2.45) is 0 Å². The van der Waals surface area contributed by atoms with Gasteiger partial charge in [-0.15, -0.1) is 0 Å². The molecule has 3 N–H and O–H groups in total. The molecule has 0 aliphatic rings. The summed E-state index contributed by atoms with van der Waals surface area (Å²) in [6.45, 7) is 2.78. The van der Waals surface area contributed by atoms with Gasteiger partial charge in [0.15, 0.2) is 0 Å². The highest BCUT2D eigenvalue weighted by molar-refractivity contribution is 5.55. The highest BCUT2D eigenvalue weighted by Crippen LogP contribution is 2.18. The van der Waals surface area contributed by atoms with Crippen molar-refractivity contribution in [3.63, 3.8) is 0 Å². The summed E-state index contributed by atoms with van der Waals surface area (Å²) in [5.74, 6) is 1.38. The van der Waals surface area contributed by atoms with Crippen molar-refractivity contribution >= 4 is 11.6 Å². The van der Waals surface area contributed by atoms with E-state index in [0.29, 0.717) is 5.82 Å². The standard InChI is InChI=1S/C13H16N4/c1-2-11-12(14)16-9-17-13(11)15-8-10-6-4-3-5-7-10/h3-7,9H,2,8H2,1H3,(H3,14,15,16,17). The van der Waals surface area contributed by atoms with Crippen molar-refractivity contribution in [1.82, 2.24) is 9.97 Å². The highest BCUT2D eigenvalue weighted by Gasteiger charge is 2.06. The van der Waals surface area contributed by atoms with Crippen molar-refractivity contribution in [1.29, 1.82) is 0 Å². The first kappa shape index (κ1) is 11.4. The fraction of sp³-hybridized carbons (Fsp3) is 0.231. The first-order chi connectivity index (χ1) is 8.31. The van der Waals surface area contributed by atoms with Crippen LogP contribution in [0, 0.1) is 0 Å². The van der Waals surface area contributed by atoms with Gasteiger partial charge in [-0.3, -0.25) is 0 Å². The summed E-state index contributed by atoms with van der Waals surface area (Å²) in [5.41, 5.74) is 8.00. The molecule has 1 aromatic heterocycles. The molecule has 1 heterocycles. The first-order valence-corrected chi connectivity index (χ1v) is 5.68. The van der Waals surface area contributed by atoms with E-state index in [9.17, 15) is 0 Å². The van der Waals surface area contributed by atoms with Crippen molar-refractivity contribution < 1.29 is 0 Å². The summed E-state index contributed by atoms with van der Waals surface area (Å²) in [6, 6.07) is 10.2. The van der Waals surface area contributed by atoms with E-state index in [0.717, 1.165) is 24.3 Å². The molecule has 17 heavy (non-hydrogen) atoms. The lowest BCUT2D eigenvalue weighted by molar-refractivity contribution is 1.02. The molecule has 0 atom stereocenters. The third-order valence-corrected chi connectivity index (χ3v) is 2.64. The SMILES string of the molecule is CCc1c(N)ncnc1NCc1ccccc1. The normalized spacial score (nSPS) is 10.2. The third kappa shape index (κ3) is 2.72. The lowest BCUT2D eigenvalue weighted by Crippen LogP contribution is -2.07. The van der Waals surface area contributed by atoms with E-state index < -0.39 is 0 Å². The number of hydrogen-bond donors (Lipinski definition) is 2. The Balaban J connectivity index is 2.12. The topological polar surface area (TPSA) is 63.8 Å². The average Bonchev–Trinajstić information content (AvgIpc) is 2.37. The zero-order valence-electron chi connectivity index (χ0n) is 9.85. The number of anilines is 2. The molecule has 0 radical (unpaired) electrons. The van der Waals surface area contributed by atoms with Gasteiger partial charge >= 0.3 is 0 Å². The molecule has 0 unspecified atom stereocenters. The van der Waals surface area contributed by atoms with Crippen molar-refractivity contribution in [3.8, 4) is 0 Å². The van der Waals surface area contributed by atoms with Gasteiger partial charge in [0.1, 0.15) is 18.0 Å². The summed E-state index contributed by atoms with van der Waals surface area (Å²) in [6.07, 6.45) is 2.31. The van der Waals surface area contributed by atoms with E-state index in [1.165, 1.54) is 11.9 Å². The van der Waals surface area contributed by atoms with Crippen LogP contribution in [-0.2, 0) is 13.0 Å². The second-order valence-electron chi connectivity index (χ2n) is 3.78. The molecule has 88 valence electrons. The maximum atomic E-state index is 5.81. The van der Waals surface area contributed by atoms with Gasteiger partial charge in [0, 0.05) is 12.1 Å². The van der Waals surface area contributed by atoms with Crippen molar-refractivity contribution in [2.75, 3.05) is 11.1 Å². The first-order valence-electron chi connectivity index (χ1n) is 5.68. The number of rotatable bonds is 4. The lowest BCUT2D eigenvalue weighted by atomic mass is 10.2. The monoisotopic (exact) mass is 228 g/mol. The number of nitrogen functional groups attached to an aromatic ring is 1. The molecule has 0 saturated heterocycles. The van der Waals surface area contributed by atoms with Crippen LogP contribution in [-0.4, -0.2) is 9.97 Å². The molecule has 4 nitrogen and oxygen atoms in total. The van der Waals surface area contributed by atoms with Crippen molar-refractivity contribution in [3.05, 3.63) is 47.8 Å². The fourth-order valence-electron chi connectivity index (χ4n) is 1.71. The molecule has 0 aliphatic heterocycles. The molecule has 0 fully saturated rings. The van der Waals surface area contributed by atoms with Gasteiger partial charge in [0.05, 0.1) is 0 Å². The van der Waals surface area contributed by atoms with E-state index in [1.54, 1.807) is 0 Å². The van der Waals surface area contributed by atoms with Crippen LogP contribution in [0.1, 0.15) is 18.1 Å². The number of nitrogens with two attached hydrogens (primary N) is 1. The Bertz CT molecular complexity index is 482. The molecule has 2 aromatic rings. The predicted molar refractivity (Wildman–Crippen MR) is 69.6 cm³/mol.